The van der Waals surface area contributed by atoms with E-state index in [1.54, 1.807) is 24.7 Å². The van der Waals surface area contributed by atoms with E-state index in [0.717, 1.165) is 5.69 Å². The number of hydrogen-bond acceptors (Lipinski definition) is 7. The van der Waals surface area contributed by atoms with Crippen LogP contribution < -0.4 is 20.5 Å². The first-order valence-electron chi connectivity index (χ1n) is 11.4. The molecule has 1 amide bonds. The number of anilines is 3. The Bertz CT molecular complexity index is 1600. The third-order valence-electron chi connectivity index (χ3n) is 5.77. The first kappa shape index (κ1) is 27.5. The number of aromatic amines is 1. The molecule has 1 atom stereocenters. The Morgan fingerprint density at radius 3 is 2.44 bits per heavy atom. The Morgan fingerprint density at radius 2 is 1.85 bits per heavy atom. The highest BCUT2D eigenvalue weighted by atomic mass is 32.2. The molecule has 11 nitrogen and oxygen atoms in total. The van der Waals surface area contributed by atoms with E-state index < -0.39 is 33.6 Å². The molecule has 0 spiro atoms. The second kappa shape index (κ2) is 10.7. The number of halogens is 3. The van der Waals surface area contributed by atoms with Crippen LogP contribution in [0.5, 0.6) is 5.75 Å². The van der Waals surface area contributed by atoms with Gasteiger partial charge >= 0.3 is 5.76 Å². The van der Waals surface area contributed by atoms with Gasteiger partial charge in [0.2, 0.25) is 0 Å². The lowest BCUT2D eigenvalue weighted by Crippen LogP contribution is -2.21. The quantitative estimate of drug-likeness (QED) is 0.225. The third kappa shape index (κ3) is 5.98. The van der Waals surface area contributed by atoms with Gasteiger partial charge < -0.3 is 15.8 Å². The lowest BCUT2D eigenvalue weighted by molar-refractivity contribution is 0.100. The molecule has 1 unspecified atom stereocenters. The molecular formula is C24H24F3N7O4S. The molecule has 4 aromatic rings. The highest BCUT2D eigenvalue weighted by Crippen LogP contribution is 2.37. The van der Waals surface area contributed by atoms with Crippen molar-refractivity contribution in [2.24, 2.45) is 12.8 Å². The summed E-state index contributed by atoms with van der Waals surface area (Å²) < 4.78 is 72.6. The van der Waals surface area contributed by atoms with Gasteiger partial charge in [0.05, 0.1) is 11.4 Å². The predicted molar refractivity (Wildman–Crippen MR) is 138 cm³/mol. The van der Waals surface area contributed by atoms with Gasteiger partial charge in [0.25, 0.3) is 15.9 Å². The molecule has 39 heavy (non-hydrogen) atoms. The Hall–Kier alpha value is -4.53. The van der Waals surface area contributed by atoms with Crippen LogP contribution in [0.3, 0.4) is 0 Å². The van der Waals surface area contributed by atoms with Crippen molar-refractivity contribution < 1.29 is 31.1 Å². The maximum Gasteiger partial charge on any atom is 0.355 e. The SMILES string of the molecule is Cc1cc(Nc2n[nH]c(-c3ccc(NS(=O)(=O)C(F)F)c(OC(C)c4ccc(F)cc4)c3)c2C(N)=O)nn1C. The van der Waals surface area contributed by atoms with Crippen molar-refractivity contribution in [3.8, 4) is 17.0 Å². The standard InChI is InChI=1S/C24H24F3N7O4S/c1-12-10-19(32-34(12)3)29-23-20(22(28)35)21(30-31-23)15-6-9-17(33-39(36,37)24(26)27)18(11-15)38-13(2)14-4-7-16(25)8-5-14/h4-11,13,24,33H,1-3H3,(H2,28,35)(H2,29,30,31,32). The molecule has 0 saturated carbocycles. The van der Waals surface area contributed by atoms with Gasteiger partial charge in [0.15, 0.2) is 11.6 Å². The molecule has 5 N–H and O–H groups in total. The van der Waals surface area contributed by atoms with Crippen molar-refractivity contribution in [2.45, 2.75) is 25.7 Å². The molecule has 0 aliphatic heterocycles. The summed E-state index contributed by atoms with van der Waals surface area (Å²) in [4.78, 5) is 12.4. The summed E-state index contributed by atoms with van der Waals surface area (Å²) in [5, 5.41) is 14.0. The van der Waals surface area contributed by atoms with Crippen LogP contribution in [0.15, 0.2) is 48.5 Å². The van der Waals surface area contributed by atoms with Crippen molar-refractivity contribution in [3.63, 3.8) is 0 Å². The number of rotatable bonds is 10. The minimum absolute atomic E-state index is 0.0308. The van der Waals surface area contributed by atoms with Gasteiger partial charge in [-0.25, -0.2) is 12.8 Å². The lowest BCUT2D eigenvalue weighted by Gasteiger charge is -2.19. The van der Waals surface area contributed by atoms with Crippen LogP contribution in [0.4, 0.5) is 30.5 Å². The van der Waals surface area contributed by atoms with Crippen LogP contribution in [0.1, 0.15) is 34.6 Å². The monoisotopic (exact) mass is 563 g/mol. The van der Waals surface area contributed by atoms with Crippen LogP contribution in [-0.4, -0.2) is 40.1 Å². The van der Waals surface area contributed by atoms with E-state index in [4.69, 9.17) is 10.5 Å². The van der Waals surface area contributed by atoms with E-state index in [1.165, 1.54) is 42.5 Å². The summed E-state index contributed by atoms with van der Waals surface area (Å²) in [5.74, 6) is -4.66. The number of carbonyl (C=O) groups excluding carboxylic acids is 1. The number of H-pyrrole nitrogens is 1. The maximum absolute atomic E-state index is 13.4. The Kier molecular flexibility index (Phi) is 7.53. The normalized spacial score (nSPS) is 12.4. The predicted octanol–water partition coefficient (Wildman–Crippen LogP) is 4.20. The zero-order valence-electron chi connectivity index (χ0n) is 20.9. The molecule has 0 aliphatic rings. The number of carbonyl (C=O) groups is 1. The fourth-order valence-electron chi connectivity index (χ4n) is 3.67. The van der Waals surface area contributed by atoms with Crippen molar-refractivity contribution in [1.29, 1.82) is 0 Å². The number of alkyl halides is 2. The first-order chi connectivity index (χ1) is 18.4. The molecule has 4 rings (SSSR count). The second-order valence-corrected chi connectivity index (χ2v) is 10.2. The van der Waals surface area contributed by atoms with E-state index in [2.05, 4.69) is 20.6 Å². The second-order valence-electron chi connectivity index (χ2n) is 8.54. The van der Waals surface area contributed by atoms with Crippen LogP contribution in [-0.2, 0) is 17.1 Å². The van der Waals surface area contributed by atoms with E-state index >= 15 is 0 Å². The molecule has 0 saturated heterocycles. The van der Waals surface area contributed by atoms with Crippen molar-refractivity contribution in [2.75, 3.05) is 10.0 Å². The van der Waals surface area contributed by atoms with Gasteiger partial charge in [-0.2, -0.15) is 19.0 Å². The number of benzene rings is 2. The van der Waals surface area contributed by atoms with Gasteiger partial charge in [-0.05, 0) is 43.7 Å². The largest absolute Gasteiger partial charge is 0.484 e. The van der Waals surface area contributed by atoms with Gasteiger partial charge in [-0.1, -0.05) is 18.2 Å². The molecule has 2 heterocycles. The number of ether oxygens (including phenoxy) is 1. The molecule has 206 valence electrons. The van der Waals surface area contributed by atoms with E-state index in [-0.39, 0.29) is 34.1 Å². The van der Waals surface area contributed by atoms with Gasteiger partial charge in [-0.15, -0.1) is 0 Å². The minimum Gasteiger partial charge on any atom is -0.484 e. The number of nitrogens with two attached hydrogens (primary N) is 1. The first-order valence-corrected chi connectivity index (χ1v) is 12.9. The summed E-state index contributed by atoms with van der Waals surface area (Å²) >= 11 is 0. The molecule has 15 heteroatoms. The lowest BCUT2D eigenvalue weighted by atomic mass is 10.1. The summed E-state index contributed by atoms with van der Waals surface area (Å²) in [6.45, 7) is 3.44. The van der Waals surface area contributed by atoms with Gasteiger partial charge in [0.1, 0.15) is 23.2 Å². The van der Waals surface area contributed by atoms with Crippen LogP contribution in [0.25, 0.3) is 11.3 Å². The van der Waals surface area contributed by atoms with E-state index in [1.807, 2.05) is 11.6 Å². The highest BCUT2D eigenvalue weighted by Gasteiger charge is 2.27. The Morgan fingerprint density at radius 1 is 1.15 bits per heavy atom. The Balaban J connectivity index is 1.76. The zero-order valence-corrected chi connectivity index (χ0v) is 21.7. The van der Waals surface area contributed by atoms with Crippen molar-refractivity contribution >= 4 is 33.3 Å². The molecule has 0 bridgehead atoms. The molecule has 2 aromatic carbocycles. The average molecular weight is 564 g/mol. The Labute approximate surface area is 221 Å². The summed E-state index contributed by atoms with van der Waals surface area (Å²) in [5.41, 5.74) is 7.13. The molecule has 0 fully saturated rings. The number of aryl methyl sites for hydroxylation is 2. The maximum atomic E-state index is 13.4. The number of nitrogens with zero attached hydrogens (tertiary/aromatic N) is 3. The average Bonchev–Trinajstić information content (AvgIpc) is 3.42. The molecule has 0 aliphatic carbocycles. The minimum atomic E-state index is -5.04. The third-order valence-corrected chi connectivity index (χ3v) is 6.75. The summed E-state index contributed by atoms with van der Waals surface area (Å²) in [6, 6.07) is 11.0. The van der Waals surface area contributed by atoms with Crippen molar-refractivity contribution in [3.05, 3.63) is 71.2 Å². The molecule has 0 radical (unpaired) electrons. The van der Waals surface area contributed by atoms with Gasteiger partial charge in [0, 0.05) is 24.4 Å². The number of sulfonamides is 1. The fraction of sp³-hybridized carbons (Fsp3) is 0.208. The van der Waals surface area contributed by atoms with Crippen LogP contribution in [0.2, 0.25) is 0 Å². The number of hydrogen-bond donors (Lipinski definition) is 4. The smallest absolute Gasteiger partial charge is 0.355 e. The van der Waals surface area contributed by atoms with Crippen molar-refractivity contribution in [1.82, 2.24) is 20.0 Å². The van der Waals surface area contributed by atoms with E-state index in [9.17, 15) is 26.4 Å². The van der Waals surface area contributed by atoms with Crippen LogP contribution >= 0.6 is 0 Å². The summed E-state index contributed by atoms with van der Waals surface area (Å²) in [6.07, 6.45) is -0.752. The van der Waals surface area contributed by atoms with E-state index in [0.29, 0.717) is 11.4 Å². The topological polar surface area (TPSA) is 157 Å². The summed E-state index contributed by atoms with van der Waals surface area (Å²) in [7, 11) is -3.30. The fourth-order valence-corrected chi connectivity index (χ4v) is 4.24. The molecular weight excluding hydrogens is 539 g/mol. The number of amides is 1. The van der Waals surface area contributed by atoms with Gasteiger partial charge in [-0.3, -0.25) is 19.3 Å². The highest BCUT2D eigenvalue weighted by molar-refractivity contribution is 7.93. The number of nitrogens with one attached hydrogen (secondary N) is 3. The molecule has 2 aromatic heterocycles. The zero-order chi connectivity index (χ0) is 28.5. The number of aromatic nitrogens is 4. The van der Waals surface area contributed by atoms with Crippen LogP contribution in [0, 0.1) is 12.7 Å². The number of primary amides is 1.